The van der Waals surface area contributed by atoms with Crippen molar-refractivity contribution in [1.29, 1.82) is 0 Å². The van der Waals surface area contributed by atoms with Gasteiger partial charge in [0.2, 0.25) is 10.0 Å². The van der Waals surface area contributed by atoms with Crippen LogP contribution in [0.4, 0.5) is 17.1 Å². The monoisotopic (exact) mass is 335 g/mol. The second-order valence-corrected chi connectivity index (χ2v) is 6.83. The van der Waals surface area contributed by atoms with Crippen LogP contribution < -0.4 is 10.0 Å². The van der Waals surface area contributed by atoms with Crippen molar-refractivity contribution in [2.75, 3.05) is 15.8 Å². The minimum atomic E-state index is -3.30. The molecule has 2 N–H and O–H groups in total. The van der Waals surface area contributed by atoms with E-state index in [0.29, 0.717) is 17.8 Å². The van der Waals surface area contributed by atoms with Gasteiger partial charge in [-0.05, 0) is 31.2 Å². The van der Waals surface area contributed by atoms with Crippen LogP contribution in [0.5, 0.6) is 0 Å². The van der Waals surface area contributed by atoms with Crippen molar-refractivity contribution in [3.05, 3.63) is 64.2 Å². The third-order valence-corrected chi connectivity index (χ3v) is 4.52. The molecule has 2 aromatic carbocycles. The minimum Gasteiger partial charge on any atom is -0.381 e. The van der Waals surface area contributed by atoms with E-state index < -0.39 is 14.9 Å². The van der Waals surface area contributed by atoms with Crippen LogP contribution in [0.3, 0.4) is 0 Å². The van der Waals surface area contributed by atoms with E-state index in [1.807, 2.05) is 0 Å². The van der Waals surface area contributed by atoms with E-state index in [1.54, 1.807) is 49.4 Å². The third kappa shape index (κ3) is 4.68. The molecule has 0 spiro atoms. The van der Waals surface area contributed by atoms with Crippen molar-refractivity contribution in [2.45, 2.75) is 13.5 Å². The maximum absolute atomic E-state index is 11.5. The average molecular weight is 335 g/mol. The summed E-state index contributed by atoms with van der Waals surface area (Å²) >= 11 is 0. The number of nitrogens with one attached hydrogen (secondary N) is 2. The van der Waals surface area contributed by atoms with Crippen LogP contribution in [0.25, 0.3) is 0 Å². The molecule has 0 aliphatic carbocycles. The lowest BCUT2D eigenvalue weighted by Gasteiger charge is -2.09. The lowest BCUT2D eigenvalue weighted by atomic mass is 10.1. The quantitative estimate of drug-likeness (QED) is 0.598. The number of sulfonamides is 1. The number of hydrogen-bond acceptors (Lipinski definition) is 5. The van der Waals surface area contributed by atoms with Gasteiger partial charge in [-0.15, -0.1) is 0 Å². The molecule has 0 atom stereocenters. The summed E-state index contributed by atoms with van der Waals surface area (Å²) in [5.41, 5.74) is 1.85. The fraction of sp³-hybridized carbons (Fsp3) is 0.200. The maximum Gasteiger partial charge on any atom is 0.274 e. The fourth-order valence-electron chi connectivity index (χ4n) is 1.94. The Morgan fingerprint density at radius 2 is 1.65 bits per heavy atom. The van der Waals surface area contributed by atoms with Crippen LogP contribution in [0.1, 0.15) is 12.5 Å². The molecule has 0 aliphatic rings. The molecular weight excluding hydrogens is 318 g/mol. The summed E-state index contributed by atoms with van der Waals surface area (Å²) in [4.78, 5) is 10.5. The molecule has 0 radical (unpaired) electrons. The first-order chi connectivity index (χ1) is 10.9. The third-order valence-electron chi connectivity index (χ3n) is 3.21. The van der Waals surface area contributed by atoms with Gasteiger partial charge in [0.25, 0.3) is 5.69 Å². The molecule has 0 heterocycles. The van der Waals surface area contributed by atoms with Crippen LogP contribution in [0.2, 0.25) is 0 Å². The van der Waals surface area contributed by atoms with Gasteiger partial charge in [0.15, 0.2) is 0 Å². The van der Waals surface area contributed by atoms with E-state index in [1.165, 1.54) is 6.07 Å². The molecule has 2 aromatic rings. The summed E-state index contributed by atoms with van der Waals surface area (Å²) < 4.78 is 25.4. The number of anilines is 2. The zero-order valence-corrected chi connectivity index (χ0v) is 13.3. The Hall–Kier alpha value is -2.61. The van der Waals surface area contributed by atoms with E-state index in [-0.39, 0.29) is 11.4 Å². The predicted octanol–water partition coefficient (Wildman–Crippen LogP) is 2.97. The summed E-state index contributed by atoms with van der Waals surface area (Å²) in [5, 5.41) is 14.0. The van der Waals surface area contributed by atoms with Gasteiger partial charge in [0, 0.05) is 29.5 Å². The van der Waals surface area contributed by atoms with Crippen molar-refractivity contribution in [3.63, 3.8) is 0 Å². The number of rotatable bonds is 7. The second kappa shape index (κ2) is 7.10. The molecular formula is C15H17N3O4S. The van der Waals surface area contributed by atoms with E-state index >= 15 is 0 Å². The highest BCUT2D eigenvalue weighted by Gasteiger charge is 2.11. The molecule has 2 rings (SSSR count). The summed E-state index contributed by atoms with van der Waals surface area (Å²) in [5.74, 6) is 0.00464. The molecule has 0 fully saturated rings. The SMILES string of the molecule is CCS(=O)(=O)Nc1ccc(NCc2ccccc2[N+](=O)[O-])cc1. The van der Waals surface area contributed by atoms with Crippen LogP contribution in [-0.2, 0) is 16.6 Å². The standard InChI is InChI=1S/C15H17N3O4S/c1-2-23(21,22)17-14-9-7-13(8-10-14)16-11-12-5-3-4-6-15(12)18(19)20/h3-10,16-17H,2,11H2,1H3. The average Bonchev–Trinajstić information content (AvgIpc) is 2.54. The van der Waals surface area contributed by atoms with Gasteiger partial charge in [-0.2, -0.15) is 0 Å². The molecule has 0 saturated carbocycles. The summed E-state index contributed by atoms with van der Waals surface area (Å²) in [6, 6.07) is 13.2. The number of nitro benzene ring substituents is 1. The van der Waals surface area contributed by atoms with E-state index in [9.17, 15) is 18.5 Å². The van der Waals surface area contributed by atoms with Crippen molar-refractivity contribution in [3.8, 4) is 0 Å². The smallest absolute Gasteiger partial charge is 0.274 e. The van der Waals surface area contributed by atoms with Crippen molar-refractivity contribution < 1.29 is 13.3 Å². The largest absolute Gasteiger partial charge is 0.381 e. The van der Waals surface area contributed by atoms with Crippen LogP contribution >= 0.6 is 0 Å². The highest BCUT2D eigenvalue weighted by atomic mass is 32.2. The van der Waals surface area contributed by atoms with Gasteiger partial charge in [0.1, 0.15) is 0 Å². The van der Waals surface area contributed by atoms with E-state index in [2.05, 4.69) is 10.0 Å². The van der Waals surface area contributed by atoms with E-state index in [0.717, 1.165) is 5.69 Å². The highest BCUT2D eigenvalue weighted by Crippen LogP contribution is 2.20. The molecule has 0 saturated heterocycles. The zero-order valence-electron chi connectivity index (χ0n) is 12.5. The summed E-state index contributed by atoms with van der Waals surface area (Å²) in [6.45, 7) is 1.86. The summed E-state index contributed by atoms with van der Waals surface area (Å²) in [7, 11) is -3.30. The molecule has 0 aliphatic heterocycles. The molecule has 122 valence electrons. The topological polar surface area (TPSA) is 101 Å². The molecule has 0 unspecified atom stereocenters. The van der Waals surface area contributed by atoms with Crippen molar-refractivity contribution in [2.24, 2.45) is 0 Å². The Morgan fingerprint density at radius 1 is 1.04 bits per heavy atom. The predicted molar refractivity (Wildman–Crippen MR) is 89.9 cm³/mol. The Labute approximate surface area is 134 Å². The molecule has 8 heteroatoms. The van der Waals surface area contributed by atoms with Gasteiger partial charge in [-0.25, -0.2) is 8.42 Å². The van der Waals surface area contributed by atoms with Crippen LogP contribution in [-0.4, -0.2) is 19.1 Å². The molecule has 0 bridgehead atoms. The number of para-hydroxylation sites is 1. The Morgan fingerprint density at radius 3 is 2.26 bits per heavy atom. The molecule has 7 nitrogen and oxygen atoms in total. The number of nitro groups is 1. The molecule has 23 heavy (non-hydrogen) atoms. The first kappa shape index (κ1) is 16.8. The van der Waals surface area contributed by atoms with E-state index in [4.69, 9.17) is 0 Å². The van der Waals surface area contributed by atoms with Gasteiger partial charge in [0.05, 0.1) is 10.7 Å². The maximum atomic E-state index is 11.5. The first-order valence-electron chi connectivity index (χ1n) is 6.98. The first-order valence-corrected chi connectivity index (χ1v) is 8.63. The van der Waals surface area contributed by atoms with Crippen LogP contribution in [0, 0.1) is 10.1 Å². The van der Waals surface area contributed by atoms with Gasteiger partial charge in [-0.3, -0.25) is 14.8 Å². The number of benzene rings is 2. The highest BCUT2D eigenvalue weighted by molar-refractivity contribution is 7.92. The summed E-state index contributed by atoms with van der Waals surface area (Å²) in [6.07, 6.45) is 0. The second-order valence-electron chi connectivity index (χ2n) is 4.82. The number of hydrogen-bond donors (Lipinski definition) is 2. The van der Waals surface area contributed by atoms with Gasteiger partial charge < -0.3 is 5.32 Å². The Balaban J connectivity index is 2.04. The fourth-order valence-corrected chi connectivity index (χ4v) is 2.58. The Bertz CT molecular complexity index is 789. The molecule has 0 aromatic heterocycles. The molecule has 0 amide bonds. The lowest BCUT2D eigenvalue weighted by Crippen LogP contribution is -2.14. The van der Waals surface area contributed by atoms with Crippen LogP contribution in [0.15, 0.2) is 48.5 Å². The normalized spacial score (nSPS) is 11.0. The Kier molecular flexibility index (Phi) is 5.17. The number of nitrogens with zero attached hydrogens (tertiary/aromatic N) is 1. The lowest BCUT2D eigenvalue weighted by molar-refractivity contribution is -0.385. The van der Waals surface area contributed by atoms with Gasteiger partial charge >= 0.3 is 0 Å². The zero-order chi connectivity index (χ0) is 16.9. The van der Waals surface area contributed by atoms with Crippen molar-refractivity contribution >= 4 is 27.1 Å². The minimum absolute atomic E-state index is 0.00464. The van der Waals surface area contributed by atoms with Gasteiger partial charge in [-0.1, -0.05) is 18.2 Å². The van der Waals surface area contributed by atoms with Crippen molar-refractivity contribution in [1.82, 2.24) is 0 Å².